The van der Waals surface area contributed by atoms with Gasteiger partial charge in [-0.15, -0.1) is 0 Å². The maximum absolute atomic E-state index is 11.4. The summed E-state index contributed by atoms with van der Waals surface area (Å²) < 4.78 is 30.2. The number of nitrogens with two attached hydrogens (primary N) is 2. The Labute approximate surface area is 140 Å². The van der Waals surface area contributed by atoms with E-state index in [0.29, 0.717) is 12.2 Å². The van der Waals surface area contributed by atoms with Gasteiger partial charge in [-0.1, -0.05) is 12.1 Å². The predicted octanol–water partition coefficient (Wildman–Crippen LogP) is 2.57. The summed E-state index contributed by atoms with van der Waals surface area (Å²) in [5.74, 6) is 0.755. The summed E-state index contributed by atoms with van der Waals surface area (Å²) in [5.41, 5.74) is 9.66. The fourth-order valence-corrected chi connectivity index (χ4v) is 3.44. The number of benzene rings is 2. The minimum atomic E-state index is -3.72. The van der Waals surface area contributed by atoms with Crippen molar-refractivity contribution in [2.45, 2.75) is 18.4 Å². The number of methoxy groups -OCH3 is 1. The lowest BCUT2D eigenvalue weighted by Crippen LogP contribution is -2.11. The molecule has 24 heavy (non-hydrogen) atoms. The first-order valence-electron chi connectivity index (χ1n) is 7.45. The van der Waals surface area contributed by atoms with Crippen LogP contribution in [0.25, 0.3) is 22.2 Å². The number of rotatable bonds is 4. The van der Waals surface area contributed by atoms with Crippen molar-refractivity contribution in [3.8, 4) is 17.0 Å². The van der Waals surface area contributed by atoms with Gasteiger partial charge < -0.3 is 15.0 Å². The number of hydrogen-bond acceptors (Lipinski definition) is 4. The fourth-order valence-electron chi connectivity index (χ4n) is 2.93. The van der Waals surface area contributed by atoms with Crippen LogP contribution in [0.2, 0.25) is 0 Å². The highest BCUT2D eigenvalue weighted by Gasteiger charge is 2.17. The fraction of sp³-hybridized carbons (Fsp3) is 0.176. The third-order valence-electron chi connectivity index (χ3n) is 4.08. The molecule has 6 nitrogen and oxygen atoms in total. The molecule has 1 heterocycles. The summed E-state index contributed by atoms with van der Waals surface area (Å²) >= 11 is 0. The highest BCUT2D eigenvalue weighted by molar-refractivity contribution is 7.89. The number of anilines is 1. The molecule has 0 unspecified atom stereocenters. The molecule has 0 atom stereocenters. The highest BCUT2D eigenvalue weighted by Crippen LogP contribution is 2.37. The van der Waals surface area contributed by atoms with Gasteiger partial charge in [0.15, 0.2) is 0 Å². The second-order valence-electron chi connectivity index (χ2n) is 5.46. The molecule has 4 N–H and O–H groups in total. The molecule has 0 fully saturated rings. The zero-order valence-corrected chi connectivity index (χ0v) is 14.3. The maximum atomic E-state index is 11.4. The number of ether oxygens (including phenoxy) is 1. The largest absolute Gasteiger partial charge is 0.497 e. The molecule has 7 heteroatoms. The Morgan fingerprint density at radius 3 is 2.33 bits per heavy atom. The topological polar surface area (TPSA) is 100 Å². The standard InChI is InChI=1S/C17H19N3O3S/c1-3-20-15-10-12(23-2)6-9-14(15)16(18)17(20)11-4-7-13(8-5-11)24(19,21)22/h4-10H,3,18H2,1-2H3,(H2,19,21,22). The third kappa shape index (κ3) is 2.61. The van der Waals surface area contributed by atoms with Crippen LogP contribution in [0.4, 0.5) is 5.69 Å². The summed E-state index contributed by atoms with van der Waals surface area (Å²) in [6.07, 6.45) is 0. The number of fused-ring (bicyclic) bond motifs is 1. The SMILES string of the molecule is CCn1c(-c2ccc(S(N)(=O)=O)cc2)c(N)c2ccc(OC)cc21. The van der Waals surface area contributed by atoms with Crippen LogP contribution in [0.1, 0.15) is 6.92 Å². The summed E-state index contributed by atoms with van der Waals surface area (Å²) in [6, 6.07) is 12.1. The van der Waals surface area contributed by atoms with Crippen molar-refractivity contribution in [3.05, 3.63) is 42.5 Å². The molecule has 0 saturated carbocycles. The van der Waals surface area contributed by atoms with Gasteiger partial charge in [-0.05, 0) is 31.2 Å². The van der Waals surface area contributed by atoms with Gasteiger partial charge in [-0.2, -0.15) is 0 Å². The average molecular weight is 345 g/mol. The van der Waals surface area contributed by atoms with Crippen LogP contribution in [0.3, 0.4) is 0 Å². The smallest absolute Gasteiger partial charge is 0.238 e. The highest BCUT2D eigenvalue weighted by atomic mass is 32.2. The summed E-state index contributed by atoms with van der Waals surface area (Å²) in [6.45, 7) is 2.74. The molecule has 1 aromatic heterocycles. The lowest BCUT2D eigenvalue weighted by atomic mass is 10.1. The first-order valence-corrected chi connectivity index (χ1v) is 9.00. The Kier molecular flexibility index (Phi) is 3.98. The van der Waals surface area contributed by atoms with E-state index in [0.717, 1.165) is 27.9 Å². The van der Waals surface area contributed by atoms with Crippen LogP contribution < -0.4 is 15.6 Å². The zero-order chi connectivity index (χ0) is 17.5. The molecule has 126 valence electrons. The van der Waals surface area contributed by atoms with Crippen molar-refractivity contribution in [1.29, 1.82) is 0 Å². The van der Waals surface area contributed by atoms with Gasteiger partial charge in [0.25, 0.3) is 0 Å². The number of nitrogen functional groups attached to an aromatic ring is 1. The van der Waals surface area contributed by atoms with Crippen molar-refractivity contribution in [2.75, 3.05) is 12.8 Å². The molecule has 0 spiro atoms. The average Bonchev–Trinajstić information content (AvgIpc) is 2.85. The molecule has 0 aliphatic carbocycles. The molecule has 0 aliphatic rings. The molecule has 0 saturated heterocycles. The van der Waals surface area contributed by atoms with E-state index in [9.17, 15) is 8.42 Å². The van der Waals surface area contributed by atoms with Crippen LogP contribution in [-0.2, 0) is 16.6 Å². The van der Waals surface area contributed by atoms with E-state index in [1.807, 2.05) is 25.1 Å². The molecule has 2 aromatic carbocycles. The van der Waals surface area contributed by atoms with Gasteiger partial charge in [0, 0.05) is 23.6 Å². The molecule has 0 radical (unpaired) electrons. The lowest BCUT2D eigenvalue weighted by Gasteiger charge is -2.10. The first-order chi connectivity index (χ1) is 11.4. The minimum Gasteiger partial charge on any atom is -0.497 e. The summed E-state index contributed by atoms with van der Waals surface area (Å²) in [4.78, 5) is 0.0747. The number of aromatic nitrogens is 1. The van der Waals surface area contributed by atoms with Crippen molar-refractivity contribution < 1.29 is 13.2 Å². The van der Waals surface area contributed by atoms with E-state index in [4.69, 9.17) is 15.6 Å². The van der Waals surface area contributed by atoms with Crippen LogP contribution in [0.15, 0.2) is 47.4 Å². The van der Waals surface area contributed by atoms with Gasteiger partial charge in [-0.25, -0.2) is 13.6 Å². The quantitative estimate of drug-likeness (QED) is 0.759. The second-order valence-corrected chi connectivity index (χ2v) is 7.02. The van der Waals surface area contributed by atoms with Crippen LogP contribution in [0.5, 0.6) is 5.75 Å². The van der Waals surface area contributed by atoms with Crippen molar-refractivity contribution in [3.63, 3.8) is 0 Å². The van der Waals surface area contributed by atoms with E-state index in [1.54, 1.807) is 19.2 Å². The number of sulfonamides is 1. The maximum Gasteiger partial charge on any atom is 0.238 e. The Morgan fingerprint density at radius 1 is 1.12 bits per heavy atom. The summed E-state index contributed by atoms with van der Waals surface area (Å²) in [5, 5.41) is 6.09. The van der Waals surface area contributed by atoms with Crippen LogP contribution >= 0.6 is 0 Å². The number of nitrogens with zero attached hydrogens (tertiary/aromatic N) is 1. The van der Waals surface area contributed by atoms with Gasteiger partial charge >= 0.3 is 0 Å². The minimum absolute atomic E-state index is 0.0747. The van der Waals surface area contributed by atoms with E-state index >= 15 is 0 Å². The van der Waals surface area contributed by atoms with Gasteiger partial charge in [-0.3, -0.25) is 0 Å². The molecule has 3 aromatic rings. The Balaban J connectivity index is 2.24. The summed E-state index contributed by atoms with van der Waals surface area (Å²) in [7, 11) is -2.09. The third-order valence-corrected chi connectivity index (χ3v) is 5.01. The second kappa shape index (κ2) is 5.85. The number of primary sulfonamides is 1. The van der Waals surface area contributed by atoms with Crippen LogP contribution in [-0.4, -0.2) is 20.1 Å². The van der Waals surface area contributed by atoms with E-state index in [2.05, 4.69) is 4.57 Å². The number of aryl methyl sites for hydroxylation is 1. The Morgan fingerprint density at radius 2 is 1.79 bits per heavy atom. The van der Waals surface area contributed by atoms with Gasteiger partial charge in [0.1, 0.15) is 5.75 Å². The molecule has 3 rings (SSSR count). The van der Waals surface area contributed by atoms with E-state index < -0.39 is 10.0 Å². The van der Waals surface area contributed by atoms with E-state index in [1.165, 1.54) is 12.1 Å². The molecule has 0 amide bonds. The van der Waals surface area contributed by atoms with Gasteiger partial charge in [0.05, 0.1) is 28.9 Å². The normalized spacial score (nSPS) is 11.8. The van der Waals surface area contributed by atoms with Crippen molar-refractivity contribution in [2.24, 2.45) is 5.14 Å². The number of hydrogen-bond donors (Lipinski definition) is 2. The Hall–Kier alpha value is -2.51. The molecular weight excluding hydrogens is 326 g/mol. The first kappa shape index (κ1) is 16.4. The molecule has 0 bridgehead atoms. The predicted molar refractivity (Wildman–Crippen MR) is 95.4 cm³/mol. The van der Waals surface area contributed by atoms with Crippen molar-refractivity contribution in [1.82, 2.24) is 4.57 Å². The van der Waals surface area contributed by atoms with Crippen molar-refractivity contribution >= 4 is 26.6 Å². The zero-order valence-electron chi connectivity index (χ0n) is 13.5. The molecular formula is C17H19N3O3S. The van der Waals surface area contributed by atoms with E-state index in [-0.39, 0.29) is 4.90 Å². The monoisotopic (exact) mass is 345 g/mol. The van der Waals surface area contributed by atoms with Crippen LogP contribution in [0, 0.1) is 0 Å². The Bertz CT molecular complexity index is 1010. The lowest BCUT2D eigenvalue weighted by molar-refractivity contribution is 0.415. The van der Waals surface area contributed by atoms with Gasteiger partial charge in [0.2, 0.25) is 10.0 Å². The molecule has 0 aliphatic heterocycles.